The number of rotatable bonds is 4. The van der Waals surface area contributed by atoms with Gasteiger partial charge in [-0.2, -0.15) is 0 Å². The third-order valence-electron chi connectivity index (χ3n) is 3.83. The molecule has 1 aromatic rings. The van der Waals surface area contributed by atoms with Crippen LogP contribution in [0.2, 0.25) is 5.02 Å². The molecule has 0 bridgehead atoms. The third-order valence-corrected chi connectivity index (χ3v) is 4.13. The van der Waals surface area contributed by atoms with E-state index in [1.165, 1.54) is 19.3 Å². The second-order valence-corrected chi connectivity index (χ2v) is 5.79. The maximum atomic E-state index is 13.4. The van der Waals surface area contributed by atoms with Crippen molar-refractivity contribution in [3.05, 3.63) is 29.0 Å². The number of benzene rings is 1. The lowest BCUT2D eigenvalue weighted by Gasteiger charge is -2.19. The highest BCUT2D eigenvalue weighted by atomic mass is 35.5. The minimum absolute atomic E-state index is 0.199. The maximum Gasteiger partial charge on any atom is 0.143 e. The molecule has 0 radical (unpaired) electrons. The van der Waals surface area contributed by atoms with Gasteiger partial charge in [-0.15, -0.1) is 0 Å². The minimum Gasteiger partial charge on any atom is -0.371 e. The van der Waals surface area contributed by atoms with Crippen molar-refractivity contribution in [1.82, 2.24) is 5.32 Å². The van der Waals surface area contributed by atoms with E-state index in [2.05, 4.69) is 10.2 Å². The predicted octanol–water partition coefficient (Wildman–Crippen LogP) is 3.06. The van der Waals surface area contributed by atoms with Crippen LogP contribution in [-0.4, -0.2) is 25.7 Å². The fourth-order valence-electron chi connectivity index (χ4n) is 2.54. The highest BCUT2D eigenvalue weighted by molar-refractivity contribution is 6.30. The van der Waals surface area contributed by atoms with Gasteiger partial charge >= 0.3 is 0 Å². The van der Waals surface area contributed by atoms with Crippen LogP contribution in [-0.2, 0) is 0 Å². The molecule has 1 aliphatic carbocycles. The third kappa shape index (κ3) is 2.78. The molecule has 98 valence electrons. The molecule has 3 rings (SSSR count). The van der Waals surface area contributed by atoms with Crippen molar-refractivity contribution < 1.29 is 4.39 Å². The molecule has 2 aliphatic rings. The summed E-state index contributed by atoms with van der Waals surface area (Å²) in [6.07, 6.45) is 3.85. The smallest absolute Gasteiger partial charge is 0.143 e. The van der Waals surface area contributed by atoms with Crippen LogP contribution in [0.4, 0.5) is 10.1 Å². The molecule has 0 spiro atoms. The highest BCUT2D eigenvalue weighted by Gasteiger charge is 2.26. The van der Waals surface area contributed by atoms with Crippen LogP contribution in [0.15, 0.2) is 18.2 Å². The Morgan fingerprint density at radius 1 is 1.33 bits per heavy atom. The Bertz CT molecular complexity index is 434. The Balaban J connectivity index is 1.58. The first-order valence-corrected chi connectivity index (χ1v) is 7.03. The van der Waals surface area contributed by atoms with Crippen molar-refractivity contribution in [2.24, 2.45) is 5.92 Å². The molecule has 1 aliphatic heterocycles. The molecule has 2 nitrogen and oxygen atoms in total. The number of nitrogens with one attached hydrogen (secondary N) is 1. The summed E-state index contributed by atoms with van der Waals surface area (Å²) in [6.45, 7) is 3.12. The second-order valence-electron chi connectivity index (χ2n) is 5.38. The molecule has 4 heteroatoms. The fraction of sp³-hybridized carbons (Fsp3) is 0.571. The van der Waals surface area contributed by atoms with Gasteiger partial charge in [0.1, 0.15) is 5.82 Å². The molecule has 1 saturated carbocycles. The summed E-state index contributed by atoms with van der Waals surface area (Å²) in [4.78, 5) is 2.25. The monoisotopic (exact) mass is 268 g/mol. The zero-order valence-corrected chi connectivity index (χ0v) is 11.1. The molecule has 1 saturated heterocycles. The van der Waals surface area contributed by atoms with Crippen LogP contribution in [0, 0.1) is 11.7 Å². The zero-order valence-electron chi connectivity index (χ0n) is 10.3. The van der Waals surface area contributed by atoms with Gasteiger partial charge in [-0.05, 0) is 49.9 Å². The molecule has 2 fully saturated rings. The Kier molecular flexibility index (Phi) is 3.44. The standard InChI is InChI=1S/C14H18ClFN2/c15-13-4-3-12(7-14(13)16)18-6-5-10(9-18)8-17-11-1-2-11/h3-4,7,10-11,17H,1-2,5-6,8-9H2. The van der Waals surface area contributed by atoms with Gasteiger partial charge in [0, 0.05) is 24.8 Å². The molecule has 18 heavy (non-hydrogen) atoms. The van der Waals surface area contributed by atoms with Crippen LogP contribution in [0.5, 0.6) is 0 Å². The van der Waals surface area contributed by atoms with Crippen molar-refractivity contribution in [2.75, 3.05) is 24.5 Å². The molecular weight excluding hydrogens is 251 g/mol. The van der Waals surface area contributed by atoms with Crippen LogP contribution in [0.25, 0.3) is 0 Å². The van der Waals surface area contributed by atoms with E-state index in [9.17, 15) is 4.39 Å². The van der Waals surface area contributed by atoms with E-state index in [4.69, 9.17) is 11.6 Å². The molecule has 0 aromatic heterocycles. The van der Waals surface area contributed by atoms with Gasteiger partial charge in [0.05, 0.1) is 5.02 Å². The number of halogens is 2. The number of nitrogens with zero attached hydrogens (tertiary/aromatic N) is 1. The molecule has 1 atom stereocenters. The predicted molar refractivity (Wildman–Crippen MR) is 72.8 cm³/mol. The van der Waals surface area contributed by atoms with E-state index < -0.39 is 0 Å². The number of anilines is 1. The Morgan fingerprint density at radius 2 is 2.17 bits per heavy atom. The van der Waals surface area contributed by atoms with Gasteiger partial charge in [0.15, 0.2) is 0 Å². The van der Waals surface area contributed by atoms with Gasteiger partial charge in [0.25, 0.3) is 0 Å². The molecule has 1 aromatic carbocycles. The first-order valence-electron chi connectivity index (χ1n) is 6.66. The van der Waals surface area contributed by atoms with Crippen LogP contribution >= 0.6 is 11.6 Å². The average Bonchev–Trinajstić information content (AvgIpc) is 3.08. The number of hydrogen-bond donors (Lipinski definition) is 1. The number of hydrogen-bond acceptors (Lipinski definition) is 2. The maximum absolute atomic E-state index is 13.4. The van der Waals surface area contributed by atoms with E-state index in [0.29, 0.717) is 5.92 Å². The normalized spacial score (nSPS) is 23.7. The summed E-state index contributed by atoms with van der Waals surface area (Å²) >= 11 is 5.70. The van der Waals surface area contributed by atoms with Crippen molar-refractivity contribution in [2.45, 2.75) is 25.3 Å². The van der Waals surface area contributed by atoms with Crippen LogP contribution in [0.3, 0.4) is 0 Å². The average molecular weight is 269 g/mol. The lowest BCUT2D eigenvalue weighted by molar-refractivity contribution is 0.515. The summed E-state index contributed by atoms with van der Waals surface area (Å²) in [5, 5.41) is 3.77. The highest BCUT2D eigenvalue weighted by Crippen LogP contribution is 2.27. The summed E-state index contributed by atoms with van der Waals surface area (Å²) in [5.41, 5.74) is 0.950. The van der Waals surface area contributed by atoms with Gasteiger partial charge in [-0.3, -0.25) is 0 Å². The SMILES string of the molecule is Fc1cc(N2CCC(CNC3CC3)C2)ccc1Cl. The first kappa shape index (κ1) is 12.2. The van der Waals surface area contributed by atoms with Crippen LogP contribution in [0.1, 0.15) is 19.3 Å². The van der Waals surface area contributed by atoms with E-state index in [-0.39, 0.29) is 10.8 Å². The minimum atomic E-state index is -0.325. The first-order chi connectivity index (χ1) is 8.72. The van der Waals surface area contributed by atoms with Crippen molar-refractivity contribution >= 4 is 17.3 Å². The van der Waals surface area contributed by atoms with E-state index in [1.54, 1.807) is 12.1 Å². The Morgan fingerprint density at radius 3 is 2.89 bits per heavy atom. The van der Waals surface area contributed by atoms with Gasteiger partial charge in [-0.1, -0.05) is 11.6 Å². The Labute approximate surface area is 112 Å². The molecule has 0 amide bonds. The van der Waals surface area contributed by atoms with Crippen LogP contribution < -0.4 is 10.2 Å². The van der Waals surface area contributed by atoms with E-state index in [1.807, 2.05) is 6.07 Å². The molecule has 1 unspecified atom stereocenters. The molecule has 1 N–H and O–H groups in total. The molecule has 1 heterocycles. The van der Waals surface area contributed by atoms with Crippen molar-refractivity contribution in [3.8, 4) is 0 Å². The summed E-state index contributed by atoms with van der Waals surface area (Å²) in [6, 6.07) is 5.86. The summed E-state index contributed by atoms with van der Waals surface area (Å²) in [7, 11) is 0. The van der Waals surface area contributed by atoms with Gasteiger partial charge < -0.3 is 10.2 Å². The molecular formula is C14H18ClFN2. The quantitative estimate of drug-likeness (QED) is 0.903. The summed E-state index contributed by atoms with van der Waals surface area (Å²) < 4.78 is 13.4. The Hall–Kier alpha value is -0.800. The largest absolute Gasteiger partial charge is 0.371 e. The summed E-state index contributed by atoms with van der Waals surface area (Å²) in [5.74, 6) is 0.359. The zero-order chi connectivity index (χ0) is 12.5. The lowest BCUT2D eigenvalue weighted by atomic mass is 10.1. The van der Waals surface area contributed by atoms with E-state index >= 15 is 0 Å². The topological polar surface area (TPSA) is 15.3 Å². The van der Waals surface area contributed by atoms with Crippen molar-refractivity contribution in [1.29, 1.82) is 0 Å². The van der Waals surface area contributed by atoms with Gasteiger partial charge in [-0.25, -0.2) is 4.39 Å². The van der Waals surface area contributed by atoms with Gasteiger partial charge in [0.2, 0.25) is 0 Å². The van der Waals surface area contributed by atoms with E-state index in [0.717, 1.165) is 31.4 Å². The lowest BCUT2D eigenvalue weighted by Crippen LogP contribution is -2.27. The fourth-order valence-corrected chi connectivity index (χ4v) is 2.65. The second kappa shape index (κ2) is 5.06. The van der Waals surface area contributed by atoms with Crippen molar-refractivity contribution in [3.63, 3.8) is 0 Å².